The fourth-order valence-electron chi connectivity index (χ4n) is 4.04. The summed E-state index contributed by atoms with van der Waals surface area (Å²) in [5.41, 5.74) is 1.06. The Labute approximate surface area is 153 Å². The van der Waals surface area contributed by atoms with E-state index in [1.54, 1.807) is 19.5 Å². The Hall–Kier alpha value is -1.99. The molecule has 3 heterocycles. The third-order valence-electron chi connectivity index (χ3n) is 5.85. The summed E-state index contributed by atoms with van der Waals surface area (Å²) in [4.78, 5) is 31.1. The number of ether oxygens (including phenoxy) is 2. The number of nitrogens with one attached hydrogen (secondary N) is 1. The van der Waals surface area contributed by atoms with E-state index in [2.05, 4.69) is 10.3 Å². The molecule has 7 nitrogen and oxygen atoms in total. The van der Waals surface area contributed by atoms with Gasteiger partial charge in [-0.05, 0) is 37.8 Å². The van der Waals surface area contributed by atoms with Gasteiger partial charge in [-0.3, -0.25) is 14.6 Å². The van der Waals surface area contributed by atoms with E-state index in [0.717, 1.165) is 24.1 Å². The number of aryl methyl sites for hydroxylation is 1. The van der Waals surface area contributed by atoms with Gasteiger partial charge in [0.2, 0.25) is 11.8 Å². The Balaban J connectivity index is 1.31. The van der Waals surface area contributed by atoms with Crippen LogP contribution in [-0.2, 0) is 19.1 Å². The molecule has 4 rings (SSSR count). The highest BCUT2D eigenvalue weighted by molar-refractivity contribution is 5.93. The highest BCUT2D eigenvalue weighted by Crippen LogP contribution is 2.50. The minimum atomic E-state index is -0.356. The van der Waals surface area contributed by atoms with Crippen LogP contribution >= 0.6 is 0 Å². The fourth-order valence-corrected chi connectivity index (χ4v) is 4.04. The van der Waals surface area contributed by atoms with Gasteiger partial charge in [-0.2, -0.15) is 0 Å². The minimum absolute atomic E-state index is 0.0409. The van der Waals surface area contributed by atoms with Crippen molar-refractivity contribution in [2.24, 2.45) is 11.3 Å². The van der Waals surface area contributed by atoms with Gasteiger partial charge in [0, 0.05) is 13.3 Å². The quantitative estimate of drug-likeness (QED) is 0.859. The summed E-state index contributed by atoms with van der Waals surface area (Å²) in [6.07, 6.45) is 5.82. The number of hydrogen-bond donors (Lipinski definition) is 1. The normalized spacial score (nSPS) is 25.0. The lowest BCUT2D eigenvalue weighted by molar-refractivity contribution is -0.165. The Morgan fingerprint density at radius 1 is 1.42 bits per heavy atom. The summed E-state index contributed by atoms with van der Waals surface area (Å²) in [5, 5.41) is 2.94. The maximum absolute atomic E-state index is 12.6. The lowest BCUT2D eigenvalue weighted by Crippen LogP contribution is -2.64. The molecular weight excluding hydrogens is 334 g/mol. The number of methoxy groups -OCH3 is 1. The van der Waals surface area contributed by atoms with Crippen LogP contribution < -0.4 is 5.32 Å². The van der Waals surface area contributed by atoms with Crippen molar-refractivity contribution in [2.45, 2.75) is 31.8 Å². The van der Waals surface area contributed by atoms with E-state index in [1.165, 1.54) is 0 Å². The molecule has 26 heavy (non-hydrogen) atoms. The molecule has 1 aromatic heterocycles. The Morgan fingerprint density at radius 3 is 2.85 bits per heavy atom. The molecule has 3 fully saturated rings. The number of amides is 2. The average Bonchev–Trinajstić information content (AvgIpc) is 3.23. The molecule has 7 heteroatoms. The van der Waals surface area contributed by atoms with Crippen LogP contribution in [-0.4, -0.2) is 60.7 Å². The predicted molar refractivity (Wildman–Crippen MR) is 94.5 cm³/mol. The smallest absolute Gasteiger partial charge is 0.231 e. The lowest BCUT2D eigenvalue weighted by atomic mass is 9.85. The number of rotatable bonds is 5. The van der Waals surface area contributed by atoms with Crippen LogP contribution in [0.4, 0.5) is 5.69 Å². The number of carbonyl (C=O) groups is 2. The molecule has 0 aromatic carbocycles. The first-order valence-electron chi connectivity index (χ1n) is 9.11. The van der Waals surface area contributed by atoms with Crippen LogP contribution in [0.3, 0.4) is 0 Å². The van der Waals surface area contributed by atoms with Crippen molar-refractivity contribution in [3.8, 4) is 0 Å². The maximum Gasteiger partial charge on any atom is 0.231 e. The Kier molecular flexibility index (Phi) is 4.23. The molecule has 1 aliphatic carbocycles. The van der Waals surface area contributed by atoms with Crippen LogP contribution in [0.15, 0.2) is 18.5 Å². The zero-order valence-electron chi connectivity index (χ0n) is 15.3. The molecule has 2 amide bonds. The second-order valence-electron chi connectivity index (χ2n) is 7.95. The van der Waals surface area contributed by atoms with Crippen LogP contribution in [0, 0.1) is 18.3 Å². The van der Waals surface area contributed by atoms with Gasteiger partial charge in [-0.25, -0.2) is 0 Å². The van der Waals surface area contributed by atoms with Crippen molar-refractivity contribution in [1.82, 2.24) is 9.88 Å². The van der Waals surface area contributed by atoms with Gasteiger partial charge in [0.05, 0.1) is 49.5 Å². The van der Waals surface area contributed by atoms with Crippen molar-refractivity contribution in [3.05, 3.63) is 24.0 Å². The van der Waals surface area contributed by atoms with Crippen LogP contribution in [0.25, 0.3) is 0 Å². The molecule has 1 spiro atoms. The molecule has 1 N–H and O–H groups in total. The first-order valence-corrected chi connectivity index (χ1v) is 9.11. The van der Waals surface area contributed by atoms with Gasteiger partial charge in [0.15, 0.2) is 0 Å². The number of aromatic nitrogens is 1. The maximum atomic E-state index is 12.6. The predicted octanol–water partition coefficient (Wildman–Crippen LogP) is 1.37. The van der Waals surface area contributed by atoms with Crippen LogP contribution in [0.5, 0.6) is 0 Å². The summed E-state index contributed by atoms with van der Waals surface area (Å²) >= 11 is 0. The highest BCUT2D eigenvalue weighted by atomic mass is 16.5. The van der Waals surface area contributed by atoms with Gasteiger partial charge in [0.1, 0.15) is 5.60 Å². The summed E-state index contributed by atoms with van der Waals surface area (Å²) in [7, 11) is 1.64. The average molecular weight is 359 g/mol. The van der Waals surface area contributed by atoms with Gasteiger partial charge >= 0.3 is 0 Å². The van der Waals surface area contributed by atoms with Crippen molar-refractivity contribution < 1.29 is 19.1 Å². The first kappa shape index (κ1) is 17.4. The number of nitrogens with zero attached hydrogens (tertiary/aromatic N) is 2. The summed E-state index contributed by atoms with van der Waals surface area (Å²) in [5.74, 6) is -0.0611. The zero-order valence-corrected chi connectivity index (χ0v) is 15.3. The van der Waals surface area contributed by atoms with E-state index in [0.29, 0.717) is 32.7 Å². The van der Waals surface area contributed by atoms with Gasteiger partial charge < -0.3 is 19.7 Å². The van der Waals surface area contributed by atoms with Crippen LogP contribution in [0.1, 0.15) is 24.8 Å². The summed E-state index contributed by atoms with van der Waals surface area (Å²) in [6, 6.07) is 1.87. The molecule has 2 saturated heterocycles. The molecule has 0 radical (unpaired) electrons. The SMILES string of the molecule is COCC1(C(=O)N2CC3(C[C@H](C(=O)Nc4cnccc4C)CO3)C2)CC1. The fraction of sp³-hybridized carbons (Fsp3) is 0.632. The number of anilines is 1. The molecular formula is C19H25N3O4. The molecule has 1 saturated carbocycles. The largest absolute Gasteiger partial charge is 0.384 e. The first-order chi connectivity index (χ1) is 12.5. The molecule has 1 aromatic rings. The Bertz CT molecular complexity index is 725. The number of pyridine rings is 1. The second-order valence-corrected chi connectivity index (χ2v) is 7.95. The van der Waals surface area contributed by atoms with Gasteiger partial charge in [-0.1, -0.05) is 0 Å². The molecule has 0 unspecified atom stereocenters. The van der Waals surface area contributed by atoms with Crippen molar-refractivity contribution in [2.75, 3.05) is 38.7 Å². The number of likely N-dealkylation sites (tertiary alicyclic amines) is 1. The van der Waals surface area contributed by atoms with E-state index in [9.17, 15) is 9.59 Å². The molecule has 140 valence electrons. The van der Waals surface area contributed by atoms with E-state index in [1.807, 2.05) is 17.9 Å². The van der Waals surface area contributed by atoms with E-state index in [4.69, 9.17) is 9.47 Å². The highest BCUT2D eigenvalue weighted by Gasteiger charge is 2.59. The molecule has 3 aliphatic rings. The standard InChI is InChI=1S/C19H25N3O4/c1-13-3-6-20-8-15(13)21-16(23)14-7-19(26-9-14)10-22(11-19)17(24)18(4-5-18)12-25-2/h3,6,8,14H,4-5,7,9-12H2,1-2H3,(H,21,23)/t14-/m0/s1. The molecule has 1 atom stereocenters. The minimum Gasteiger partial charge on any atom is -0.384 e. The van der Waals surface area contributed by atoms with E-state index < -0.39 is 0 Å². The van der Waals surface area contributed by atoms with E-state index in [-0.39, 0.29) is 28.7 Å². The van der Waals surface area contributed by atoms with Gasteiger partial charge in [0.25, 0.3) is 0 Å². The van der Waals surface area contributed by atoms with E-state index >= 15 is 0 Å². The number of hydrogen-bond acceptors (Lipinski definition) is 5. The molecule has 0 bridgehead atoms. The second kappa shape index (κ2) is 6.32. The Morgan fingerprint density at radius 2 is 2.19 bits per heavy atom. The zero-order chi connectivity index (χ0) is 18.4. The lowest BCUT2D eigenvalue weighted by Gasteiger charge is -2.48. The molecule has 2 aliphatic heterocycles. The van der Waals surface area contributed by atoms with Crippen LogP contribution in [0.2, 0.25) is 0 Å². The topological polar surface area (TPSA) is 80.8 Å². The third kappa shape index (κ3) is 2.99. The summed E-state index contributed by atoms with van der Waals surface area (Å²) < 4.78 is 11.2. The monoisotopic (exact) mass is 359 g/mol. The van der Waals surface area contributed by atoms with Crippen molar-refractivity contribution >= 4 is 17.5 Å². The number of carbonyl (C=O) groups excluding carboxylic acids is 2. The van der Waals surface area contributed by atoms with Crippen molar-refractivity contribution in [3.63, 3.8) is 0 Å². The van der Waals surface area contributed by atoms with Gasteiger partial charge in [-0.15, -0.1) is 0 Å². The third-order valence-corrected chi connectivity index (χ3v) is 5.85. The summed E-state index contributed by atoms with van der Waals surface area (Å²) in [6.45, 7) is 3.98. The van der Waals surface area contributed by atoms with Crippen molar-refractivity contribution in [1.29, 1.82) is 0 Å².